The molecule has 4 rings (SSSR count). The Morgan fingerprint density at radius 2 is 1.94 bits per heavy atom. The maximum atomic E-state index is 12.6. The van der Waals surface area contributed by atoms with Crippen LogP contribution in [-0.2, 0) is 4.79 Å². The summed E-state index contributed by atoms with van der Waals surface area (Å²) in [5, 5.41) is 4.26. The first-order valence-electron chi connectivity index (χ1n) is 10.5. The number of thiazole rings is 1. The van der Waals surface area contributed by atoms with Gasteiger partial charge in [0.2, 0.25) is 5.91 Å². The number of aromatic nitrogens is 2. The van der Waals surface area contributed by atoms with E-state index in [0.717, 1.165) is 54.6 Å². The van der Waals surface area contributed by atoms with Crippen LogP contribution in [0.2, 0.25) is 5.02 Å². The Hall–Kier alpha value is -2.26. The predicted octanol–water partition coefficient (Wildman–Crippen LogP) is 4.08. The SMILES string of the molecule is CCN(CC)CCN1CC1C(=O)Nc1nc2ccc(N(C)c3ccc(Cl)cc3)nc2s1. The molecule has 3 heterocycles. The number of halogens is 1. The van der Waals surface area contributed by atoms with Crippen LogP contribution >= 0.6 is 22.9 Å². The van der Waals surface area contributed by atoms with Crippen molar-refractivity contribution in [2.45, 2.75) is 19.9 Å². The number of likely N-dealkylation sites (N-methyl/N-ethyl adjacent to an activating group) is 1. The third kappa shape index (κ3) is 5.15. The van der Waals surface area contributed by atoms with Gasteiger partial charge in [-0.2, -0.15) is 0 Å². The number of anilines is 3. The second-order valence-electron chi connectivity index (χ2n) is 7.58. The lowest BCUT2D eigenvalue weighted by atomic mass is 10.3. The second-order valence-corrected chi connectivity index (χ2v) is 8.99. The van der Waals surface area contributed by atoms with Gasteiger partial charge in [-0.15, -0.1) is 0 Å². The summed E-state index contributed by atoms with van der Waals surface area (Å²) in [5.74, 6) is 0.818. The lowest BCUT2D eigenvalue weighted by Crippen LogP contribution is -2.30. The van der Waals surface area contributed by atoms with Crippen molar-refractivity contribution in [2.24, 2.45) is 0 Å². The fourth-order valence-electron chi connectivity index (χ4n) is 3.51. The van der Waals surface area contributed by atoms with Crippen LogP contribution in [0.15, 0.2) is 36.4 Å². The third-order valence-corrected chi connectivity index (χ3v) is 6.78. The van der Waals surface area contributed by atoms with Crippen molar-refractivity contribution in [3.05, 3.63) is 41.4 Å². The van der Waals surface area contributed by atoms with Gasteiger partial charge in [-0.25, -0.2) is 9.97 Å². The van der Waals surface area contributed by atoms with Gasteiger partial charge in [-0.05, 0) is 49.5 Å². The molecule has 1 aliphatic rings. The maximum absolute atomic E-state index is 12.6. The van der Waals surface area contributed by atoms with Gasteiger partial charge >= 0.3 is 0 Å². The molecule has 1 aromatic carbocycles. The van der Waals surface area contributed by atoms with Crippen LogP contribution in [0.3, 0.4) is 0 Å². The van der Waals surface area contributed by atoms with Crippen molar-refractivity contribution in [1.29, 1.82) is 0 Å². The van der Waals surface area contributed by atoms with E-state index < -0.39 is 0 Å². The zero-order valence-electron chi connectivity index (χ0n) is 18.0. The highest BCUT2D eigenvalue weighted by molar-refractivity contribution is 7.22. The molecule has 1 N–H and O–H groups in total. The summed E-state index contributed by atoms with van der Waals surface area (Å²) >= 11 is 7.38. The summed E-state index contributed by atoms with van der Waals surface area (Å²) in [6.45, 7) is 9.12. The zero-order valence-corrected chi connectivity index (χ0v) is 19.6. The molecule has 9 heteroatoms. The van der Waals surface area contributed by atoms with E-state index in [1.165, 1.54) is 11.3 Å². The van der Waals surface area contributed by atoms with Crippen molar-refractivity contribution in [2.75, 3.05) is 50.0 Å². The van der Waals surface area contributed by atoms with Gasteiger partial charge < -0.3 is 15.1 Å². The van der Waals surface area contributed by atoms with Crippen LogP contribution in [-0.4, -0.2) is 71.5 Å². The Bertz CT molecular complexity index is 1050. The number of nitrogens with one attached hydrogen (secondary N) is 1. The number of hydrogen-bond donors (Lipinski definition) is 1. The fourth-order valence-corrected chi connectivity index (χ4v) is 4.48. The number of carbonyl (C=O) groups excluding carboxylic acids is 1. The van der Waals surface area contributed by atoms with Crippen LogP contribution in [0.4, 0.5) is 16.6 Å². The number of fused-ring (bicyclic) bond motifs is 1. The lowest BCUT2D eigenvalue weighted by Gasteiger charge is -2.18. The highest BCUT2D eigenvalue weighted by Crippen LogP contribution is 2.30. The van der Waals surface area contributed by atoms with Crippen molar-refractivity contribution in [1.82, 2.24) is 19.8 Å². The normalized spacial score (nSPS) is 17.8. The second kappa shape index (κ2) is 9.48. The standard InChI is InChI=1S/C22H27ClN6OS/c1-4-28(5-2)12-13-29-14-18(29)20(30)26-22-24-17-10-11-19(25-21(17)31-22)27(3)16-8-6-15(23)7-9-16/h6-11,18H,4-5,12-14H2,1-3H3,(H,24,26,30). The smallest absolute Gasteiger partial charge is 0.244 e. The molecule has 0 aliphatic carbocycles. The Morgan fingerprint density at radius 3 is 2.65 bits per heavy atom. The molecule has 1 aliphatic heterocycles. The summed E-state index contributed by atoms with van der Waals surface area (Å²) in [6, 6.07) is 11.4. The molecule has 2 unspecified atom stereocenters. The van der Waals surface area contributed by atoms with E-state index in [9.17, 15) is 4.79 Å². The summed E-state index contributed by atoms with van der Waals surface area (Å²) < 4.78 is 0. The van der Waals surface area contributed by atoms with E-state index in [4.69, 9.17) is 16.6 Å². The van der Waals surface area contributed by atoms with Gasteiger partial charge in [0.1, 0.15) is 22.2 Å². The van der Waals surface area contributed by atoms with E-state index in [1.807, 2.05) is 48.3 Å². The minimum absolute atomic E-state index is 0.0112. The predicted molar refractivity (Wildman–Crippen MR) is 129 cm³/mol. The van der Waals surface area contributed by atoms with Gasteiger partial charge in [0, 0.05) is 37.4 Å². The van der Waals surface area contributed by atoms with Crippen molar-refractivity contribution >= 4 is 55.8 Å². The molecular formula is C22H27ClN6OS. The highest BCUT2D eigenvalue weighted by atomic mass is 35.5. The molecule has 31 heavy (non-hydrogen) atoms. The minimum Gasteiger partial charge on any atom is -0.329 e. The summed E-state index contributed by atoms with van der Waals surface area (Å²) in [4.78, 5) is 29.2. The Balaban J connectivity index is 1.38. The Labute approximate surface area is 191 Å². The van der Waals surface area contributed by atoms with Gasteiger partial charge in [0.05, 0.1) is 0 Å². The Morgan fingerprint density at radius 1 is 1.19 bits per heavy atom. The molecule has 7 nitrogen and oxygen atoms in total. The van der Waals surface area contributed by atoms with Crippen LogP contribution in [0.25, 0.3) is 10.3 Å². The molecule has 1 saturated heterocycles. The maximum Gasteiger partial charge on any atom is 0.244 e. The molecule has 0 radical (unpaired) electrons. The van der Waals surface area contributed by atoms with E-state index in [2.05, 4.69) is 33.9 Å². The van der Waals surface area contributed by atoms with Crippen LogP contribution < -0.4 is 10.2 Å². The van der Waals surface area contributed by atoms with E-state index in [-0.39, 0.29) is 11.9 Å². The average molecular weight is 459 g/mol. The first-order valence-corrected chi connectivity index (χ1v) is 11.7. The zero-order chi connectivity index (χ0) is 22.0. The molecule has 2 atom stereocenters. The largest absolute Gasteiger partial charge is 0.329 e. The first-order chi connectivity index (χ1) is 15.0. The number of benzene rings is 1. The quantitative estimate of drug-likeness (QED) is 0.487. The third-order valence-electron chi connectivity index (χ3n) is 5.64. The lowest BCUT2D eigenvalue weighted by molar-refractivity contribution is -0.116. The van der Waals surface area contributed by atoms with Crippen molar-refractivity contribution in [3.63, 3.8) is 0 Å². The highest BCUT2D eigenvalue weighted by Gasteiger charge is 2.40. The summed E-state index contributed by atoms with van der Waals surface area (Å²) in [5.41, 5.74) is 1.77. The minimum atomic E-state index is -0.0536. The molecule has 0 bridgehead atoms. The van der Waals surface area contributed by atoms with Crippen LogP contribution in [0.5, 0.6) is 0 Å². The van der Waals surface area contributed by atoms with Crippen LogP contribution in [0.1, 0.15) is 13.8 Å². The molecule has 0 saturated carbocycles. The van der Waals surface area contributed by atoms with E-state index >= 15 is 0 Å². The number of nitrogens with zero attached hydrogens (tertiary/aromatic N) is 5. The van der Waals surface area contributed by atoms with Gasteiger partial charge in [-0.1, -0.05) is 36.8 Å². The van der Waals surface area contributed by atoms with Crippen molar-refractivity contribution < 1.29 is 4.79 Å². The van der Waals surface area contributed by atoms with Crippen LogP contribution in [0, 0.1) is 0 Å². The van der Waals surface area contributed by atoms with Gasteiger partial charge in [0.25, 0.3) is 0 Å². The summed E-state index contributed by atoms with van der Waals surface area (Å²) in [7, 11) is 1.96. The number of rotatable bonds is 9. The number of hydrogen-bond acceptors (Lipinski definition) is 7. The number of carbonyl (C=O) groups is 1. The van der Waals surface area contributed by atoms with Gasteiger partial charge in [-0.3, -0.25) is 9.69 Å². The molecule has 1 fully saturated rings. The van der Waals surface area contributed by atoms with Gasteiger partial charge in [0.15, 0.2) is 5.13 Å². The average Bonchev–Trinajstić information content (AvgIpc) is 3.45. The Kier molecular flexibility index (Phi) is 6.71. The topological polar surface area (TPSA) is 64.4 Å². The molecule has 164 valence electrons. The molecular weight excluding hydrogens is 432 g/mol. The molecule has 2 aromatic heterocycles. The summed E-state index contributed by atoms with van der Waals surface area (Å²) in [6.07, 6.45) is 0. The van der Waals surface area contributed by atoms with Crippen molar-refractivity contribution in [3.8, 4) is 0 Å². The fraction of sp³-hybridized carbons (Fsp3) is 0.409. The molecule has 3 aromatic rings. The van der Waals surface area contributed by atoms with E-state index in [1.54, 1.807) is 0 Å². The number of amides is 1. The first kappa shape index (κ1) is 22.0. The molecule has 0 spiro atoms. The molecule has 1 amide bonds. The van der Waals surface area contributed by atoms with E-state index in [0.29, 0.717) is 10.2 Å². The number of pyridine rings is 1. The monoisotopic (exact) mass is 458 g/mol.